The summed E-state index contributed by atoms with van der Waals surface area (Å²) in [6, 6.07) is 8.28. The highest BCUT2D eigenvalue weighted by Gasteiger charge is 2.32. The third-order valence-electron chi connectivity index (χ3n) is 4.93. The van der Waals surface area contributed by atoms with Crippen molar-refractivity contribution in [3.8, 4) is 5.75 Å². The molecule has 1 aliphatic heterocycles. The van der Waals surface area contributed by atoms with Gasteiger partial charge in [-0.1, -0.05) is 25.0 Å². The first-order valence-corrected chi connectivity index (χ1v) is 8.87. The van der Waals surface area contributed by atoms with Gasteiger partial charge in [-0.2, -0.15) is 0 Å². The Hall–Kier alpha value is -1.10. The fraction of sp³-hybridized carbons (Fsp3) is 0.684. The second-order valence-electron chi connectivity index (χ2n) is 7.19. The van der Waals surface area contributed by atoms with Crippen molar-refractivity contribution in [2.45, 2.75) is 56.8 Å². The largest absolute Gasteiger partial charge is 0.491 e. The summed E-state index contributed by atoms with van der Waals surface area (Å²) in [6.07, 6.45) is 6.69. The Bertz CT molecular complexity index is 476. The molecule has 3 rings (SSSR count). The minimum absolute atomic E-state index is 0.257. The van der Waals surface area contributed by atoms with E-state index >= 15 is 0 Å². The number of hydrogen-bond donors (Lipinski definition) is 1. The predicted octanol–water partition coefficient (Wildman–Crippen LogP) is 2.98. The van der Waals surface area contributed by atoms with E-state index in [1.807, 2.05) is 12.1 Å². The average Bonchev–Trinajstić information content (AvgIpc) is 3.18. The molecule has 0 spiro atoms. The first-order chi connectivity index (χ1) is 11.1. The van der Waals surface area contributed by atoms with E-state index in [1.54, 1.807) is 0 Å². The number of nitrogens with zero attached hydrogens (tertiary/aromatic N) is 1. The Morgan fingerprint density at radius 3 is 2.61 bits per heavy atom. The summed E-state index contributed by atoms with van der Waals surface area (Å²) in [5.74, 6) is 0.904. The molecular formula is C19H29NO3. The SMILES string of the molecule is CN(Cc1ccc(OCC2CCCO2)cc1)CC1(O)CCCC1. The van der Waals surface area contributed by atoms with Gasteiger partial charge in [0, 0.05) is 19.7 Å². The predicted molar refractivity (Wildman–Crippen MR) is 90.7 cm³/mol. The Balaban J connectivity index is 1.44. The van der Waals surface area contributed by atoms with Gasteiger partial charge in [-0.25, -0.2) is 0 Å². The molecule has 23 heavy (non-hydrogen) atoms. The van der Waals surface area contributed by atoms with Crippen LogP contribution in [0.1, 0.15) is 44.1 Å². The molecule has 2 fully saturated rings. The first-order valence-electron chi connectivity index (χ1n) is 8.87. The molecule has 4 nitrogen and oxygen atoms in total. The molecule has 1 aliphatic carbocycles. The van der Waals surface area contributed by atoms with E-state index in [1.165, 1.54) is 5.56 Å². The van der Waals surface area contributed by atoms with Crippen LogP contribution in [0.25, 0.3) is 0 Å². The van der Waals surface area contributed by atoms with Gasteiger partial charge in [0.15, 0.2) is 0 Å². The molecule has 0 radical (unpaired) electrons. The van der Waals surface area contributed by atoms with E-state index in [-0.39, 0.29) is 6.10 Å². The highest BCUT2D eigenvalue weighted by atomic mass is 16.5. The van der Waals surface area contributed by atoms with Gasteiger partial charge in [-0.3, -0.25) is 4.90 Å². The van der Waals surface area contributed by atoms with Crippen molar-refractivity contribution in [2.75, 3.05) is 26.8 Å². The molecule has 1 saturated carbocycles. The molecule has 1 unspecified atom stereocenters. The number of aliphatic hydroxyl groups is 1. The summed E-state index contributed by atoms with van der Waals surface area (Å²) < 4.78 is 11.4. The molecule has 0 amide bonds. The lowest BCUT2D eigenvalue weighted by Gasteiger charge is -2.28. The summed E-state index contributed by atoms with van der Waals surface area (Å²) in [5.41, 5.74) is 0.776. The molecule has 128 valence electrons. The summed E-state index contributed by atoms with van der Waals surface area (Å²) in [6.45, 7) is 3.12. The quantitative estimate of drug-likeness (QED) is 0.839. The lowest BCUT2D eigenvalue weighted by Crippen LogP contribution is -2.38. The third kappa shape index (κ3) is 4.93. The van der Waals surface area contributed by atoms with E-state index in [0.717, 1.165) is 64.0 Å². The maximum absolute atomic E-state index is 10.5. The zero-order valence-corrected chi connectivity index (χ0v) is 14.2. The molecule has 4 heteroatoms. The number of hydrogen-bond acceptors (Lipinski definition) is 4. The topological polar surface area (TPSA) is 41.9 Å². The maximum atomic E-state index is 10.5. The normalized spacial score (nSPS) is 23.5. The van der Waals surface area contributed by atoms with E-state index in [4.69, 9.17) is 9.47 Å². The smallest absolute Gasteiger partial charge is 0.119 e. The van der Waals surface area contributed by atoms with Crippen LogP contribution < -0.4 is 4.74 Å². The Morgan fingerprint density at radius 2 is 1.96 bits per heavy atom. The van der Waals surface area contributed by atoms with Crippen LogP contribution in [0.2, 0.25) is 0 Å². The van der Waals surface area contributed by atoms with Crippen molar-refractivity contribution >= 4 is 0 Å². The second kappa shape index (κ2) is 7.65. The lowest BCUT2D eigenvalue weighted by molar-refractivity contribution is 0.0145. The van der Waals surface area contributed by atoms with Crippen LogP contribution in [0.3, 0.4) is 0 Å². The van der Waals surface area contributed by atoms with Crippen LogP contribution in [-0.4, -0.2) is 48.5 Å². The van der Waals surface area contributed by atoms with Gasteiger partial charge in [-0.05, 0) is 50.4 Å². The van der Waals surface area contributed by atoms with E-state index in [2.05, 4.69) is 24.1 Å². The molecule has 0 bridgehead atoms. The van der Waals surface area contributed by atoms with Crippen molar-refractivity contribution in [1.82, 2.24) is 4.90 Å². The summed E-state index contributed by atoms with van der Waals surface area (Å²) in [4.78, 5) is 2.22. The number of rotatable bonds is 7. The number of ether oxygens (including phenoxy) is 2. The van der Waals surface area contributed by atoms with Crippen LogP contribution in [0.5, 0.6) is 5.75 Å². The summed E-state index contributed by atoms with van der Waals surface area (Å²) >= 11 is 0. The summed E-state index contributed by atoms with van der Waals surface area (Å²) in [7, 11) is 2.08. The zero-order valence-electron chi connectivity index (χ0n) is 14.2. The minimum atomic E-state index is -0.473. The van der Waals surface area contributed by atoms with E-state index in [0.29, 0.717) is 6.61 Å². The van der Waals surface area contributed by atoms with Gasteiger partial charge in [0.2, 0.25) is 0 Å². The van der Waals surface area contributed by atoms with Gasteiger partial charge in [0.05, 0.1) is 11.7 Å². The standard InChI is InChI=1S/C19H29NO3/c1-20(15-19(21)10-2-3-11-19)13-16-6-8-17(9-7-16)23-14-18-5-4-12-22-18/h6-9,18,21H,2-5,10-15H2,1H3. The van der Waals surface area contributed by atoms with Crippen LogP contribution in [0.4, 0.5) is 0 Å². The second-order valence-corrected chi connectivity index (χ2v) is 7.19. The third-order valence-corrected chi connectivity index (χ3v) is 4.93. The molecular weight excluding hydrogens is 290 g/mol. The van der Waals surface area contributed by atoms with Crippen molar-refractivity contribution < 1.29 is 14.6 Å². The lowest BCUT2D eigenvalue weighted by atomic mass is 10.0. The average molecular weight is 319 g/mol. The Morgan fingerprint density at radius 1 is 1.22 bits per heavy atom. The van der Waals surface area contributed by atoms with Crippen molar-refractivity contribution in [2.24, 2.45) is 0 Å². The van der Waals surface area contributed by atoms with Crippen molar-refractivity contribution in [1.29, 1.82) is 0 Å². The van der Waals surface area contributed by atoms with Gasteiger partial charge in [-0.15, -0.1) is 0 Å². The zero-order chi connectivity index (χ0) is 16.1. The maximum Gasteiger partial charge on any atom is 0.119 e. The highest BCUT2D eigenvalue weighted by molar-refractivity contribution is 5.27. The fourth-order valence-electron chi connectivity index (χ4n) is 3.72. The van der Waals surface area contributed by atoms with Crippen LogP contribution >= 0.6 is 0 Å². The van der Waals surface area contributed by atoms with Gasteiger partial charge in [0.25, 0.3) is 0 Å². The van der Waals surface area contributed by atoms with Crippen LogP contribution in [0, 0.1) is 0 Å². The van der Waals surface area contributed by atoms with Crippen molar-refractivity contribution in [3.63, 3.8) is 0 Å². The van der Waals surface area contributed by atoms with Gasteiger partial charge in [0.1, 0.15) is 12.4 Å². The Kier molecular flexibility index (Phi) is 5.57. The molecule has 1 heterocycles. The molecule has 1 saturated heterocycles. The molecule has 0 aromatic heterocycles. The molecule has 2 aliphatic rings. The van der Waals surface area contributed by atoms with Gasteiger partial charge < -0.3 is 14.6 Å². The molecule has 1 aromatic rings. The summed E-state index contributed by atoms with van der Waals surface area (Å²) in [5, 5.41) is 10.5. The van der Waals surface area contributed by atoms with E-state index in [9.17, 15) is 5.11 Å². The Labute approximate surface area is 139 Å². The van der Waals surface area contributed by atoms with Gasteiger partial charge >= 0.3 is 0 Å². The first kappa shape index (κ1) is 16.7. The molecule has 1 aromatic carbocycles. The van der Waals surface area contributed by atoms with Crippen molar-refractivity contribution in [3.05, 3.63) is 29.8 Å². The minimum Gasteiger partial charge on any atom is -0.491 e. The van der Waals surface area contributed by atoms with E-state index < -0.39 is 5.60 Å². The van der Waals surface area contributed by atoms with Crippen LogP contribution in [0.15, 0.2) is 24.3 Å². The number of benzene rings is 1. The molecule has 1 N–H and O–H groups in total. The number of likely N-dealkylation sites (N-methyl/N-ethyl adjacent to an activating group) is 1. The highest BCUT2D eigenvalue weighted by Crippen LogP contribution is 2.30. The monoisotopic (exact) mass is 319 g/mol. The fourth-order valence-corrected chi connectivity index (χ4v) is 3.72. The molecule has 1 atom stereocenters. The van der Waals surface area contributed by atoms with Crippen LogP contribution in [-0.2, 0) is 11.3 Å².